The molecule has 0 fully saturated rings. The second-order valence-electron chi connectivity index (χ2n) is 7.01. The van der Waals surface area contributed by atoms with Gasteiger partial charge in [-0.05, 0) is 61.7 Å². The maximum absolute atomic E-state index is 13.1. The lowest BCUT2D eigenvalue weighted by atomic mass is 10.0. The number of nitrogens with one attached hydrogen (secondary N) is 1. The average molecular weight is 445 g/mol. The number of rotatable bonds is 6. The van der Waals surface area contributed by atoms with Crippen LogP contribution in [0.4, 0.5) is 10.1 Å². The maximum atomic E-state index is 13.1. The molecule has 0 spiro atoms. The van der Waals surface area contributed by atoms with Crippen LogP contribution in [0.2, 0.25) is 0 Å². The predicted molar refractivity (Wildman–Crippen MR) is 118 cm³/mol. The Morgan fingerprint density at radius 3 is 2.29 bits per heavy atom. The Balaban J connectivity index is 0.000000366. The minimum absolute atomic E-state index is 0.179. The van der Waals surface area contributed by atoms with Gasteiger partial charge in [0.15, 0.2) is 0 Å². The summed E-state index contributed by atoms with van der Waals surface area (Å²) in [6.07, 6.45) is 1.37. The summed E-state index contributed by atoms with van der Waals surface area (Å²) in [6, 6.07) is 10.7. The van der Waals surface area contributed by atoms with Gasteiger partial charge >= 0.3 is 11.9 Å². The number of carbonyl (C=O) groups is 2. The number of aliphatic carboxylic acids is 2. The van der Waals surface area contributed by atoms with Gasteiger partial charge in [0.2, 0.25) is 5.69 Å². The molecule has 1 unspecified atom stereocenters. The van der Waals surface area contributed by atoms with Gasteiger partial charge in [0.25, 0.3) is 0 Å². The molecule has 0 aliphatic carbocycles. The Bertz CT molecular complexity index is 943. The number of nitrogens with zero attached hydrogens (tertiary/aromatic N) is 1. The van der Waals surface area contributed by atoms with Crippen molar-refractivity contribution in [2.75, 3.05) is 13.1 Å². The fourth-order valence-corrected chi connectivity index (χ4v) is 4.39. The molecule has 164 valence electrons. The molecule has 2 aromatic carbocycles. The third kappa shape index (κ3) is 7.70. The van der Waals surface area contributed by atoms with Gasteiger partial charge in [-0.25, -0.2) is 9.24 Å². The average Bonchev–Trinajstić information content (AvgIpc) is 2.99. The van der Waals surface area contributed by atoms with Crippen LogP contribution in [0.1, 0.15) is 41.7 Å². The van der Waals surface area contributed by atoms with E-state index in [0.717, 1.165) is 42.1 Å². The molecule has 1 aliphatic rings. The van der Waals surface area contributed by atoms with E-state index in [0.29, 0.717) is 0 Å². The Morgan fingerprint density at radius 1 is 1.10 bits per heavy atom. The quantitative estimate of drug-likeness (QED) is 0.436. The number of carboxylic acid groups (broad SMARTS) is 2. The normalized spacial score (nSPS) is 13.6. The molecule has 1 aliphatic heterocycles. The Labute approximate surface area is 185 Å². The van der Waals surface area contributed by atoms with Crippen LogP contribution >= 0.6 is 11.8 Å². The summed E-state index contributed by atoms with van der Waals surface area (Å²) in [5, 5.41) is 19.4. The summed E-state index contributed by atoms with van der Waals surface area (Å²) >= 11 is 1.71. The molecule has 1 heterocycles. The van der Waals surface area contributed by atoms with Gasteiger partial charge in [-0.3, -0.25) is 9.59 Å². The molecule has 3 rings (SSSR count). The Hall–Kier alpha value is -2.89. The molecule has 0 bridgehead atoms. The summed E-state index contributed by atoms with van der Waals surface area (Å²) in [5.74, 6) is -2.37. The molecule has 0 saturated carbocycles. The molecule has 0 aromatic heterocycles. The number of halogens is 1. The zero-order chi connectivity index (χ0) is 22.8. The van der Waals surface area contributed by atoms with Crippen molar-refractivity contribution in [1.29, 1.82) is 0 Å². The smallest absolute Gasteiger partial charge is 0.303 e. The second kappa shape index (κ2) is 12.1. The van der Waals surface area contributed by atoms with Crippen molar-refractivity contribution in [1.82, 2.24) is 5.32 Å². The molecular formula is C23H25FN2O4S. The van der Waals surface area contributed by atoms with E-state index in [2.05, 4.69) is 23.2 Å². The molecular weight excluding hydrogens is 419 g/mol. The molecule has 31 heavy (non-hydrogen) atoms. The molecule has 8 heteroatoms. The van der Waals surface area contributed by atoms with Crippen LogP contribution < -0.4 is 5.32 Å². The maximum Gasteiger partial charge on any atom is 0.303 e. The zero-order valence-corrected chi connectivity index (χ0v) is 18.0. The van der Waals surface area contributed by atoms with Crippen molar-refractivity contribution in [3.63, 3.8) is 0 Å². The standard InChI is InChI=1S/C19H19FN2S.C4H6O4/c1-13(14-3-6-16(20)7-4-14)23-19-17-10-12-22-11-9-15(17)5-8-18(19)21-2;5-3(6)1-2-4(7)8/h3-8,13,22H,9-12H2,1H3;1-2H2,(H,5,6)(H,7,8). The first kappa shape index (κ1) is 24.4. The highest BCUT2D eigenvalue weighted by Gasteiger charge is 2.18. The van der Waals surface area contributed by atoms with E-state index >= 15 is 0 Å². The predicted octanol–water partition coefficient (Wildman–Crippen LogP) is 4.85. The second-order valence-corrected chi connectivity index (χ2v) is 8.36. The lowest BCUT2D eigenvalue weighted by Crippen LogP contribution is -2.16. The van der Waals surface area contributed by atoms with Crippen molar-refractivity contribution < 1.29 is 24.2 Å². The van der Waals surface area contributed by atoms with Crippen LogP contribution in [0.15, 0.2) is 41.3 Å². The van der Waals surface area contributed by atoms with Crippen LogP contribution in [0.5, 0.6) is 0 Å². The molecule has 0 radical (unpaired) electrons. The van der Waals surface area contributed by atoms with E-state index in [-0.39, 0.29) is 23.9 Å². The van der Waals surface area contributed by atoms with Crippen molar-refractivity contribution >= 4 is 29.4 Å². The molecule has 1 atom stereocenters. The fourth-order valence-electron chi connectivity index (χ4n) is 3.14. The van der Waals surface area contributed by atoms with E-state index < -0.39 is 11.9 Å². The SMILES string of the molecule is O=C(O)CCC(=O)O.[C-]#[N+]c1ccc2c(c1SC(C)c1ccc(F)cc1)CCNCC2. The lowest BCUT2D eigenvalue weighted by Gasteiger charge is -2.18. The van der Waals surface area contributed by atoms with Crippen LogP contribution in [-0.4, -0.2) is 35.2 Å². The van der Waals surface area contributed by atoms with Gasteiger partial charge < -0.3 is 15.5 Å². The molecule has 0 amide bonds. The van der Waals surface area contributed by atoms with E-state index in [1.807, 2.05) is 18.2 Å². The van der Waals surface area contributed by atoms with E-state index in [9.17, 15) is 14.0 Å². The number of fused-ring (bicyclic) bond motifs is 1. The summed E-state index contributed by atoms with van der Waals surface area (Å²) < 4.78 is 13.1. The number of carboxylic acids is 2. The van der Waals surface area contributed by atoms with Crippen molar-refractivity contribution in [2.45, 2.75) is 42.8 Å². The van der Waals surface area contributed by atoms with Crippen LogP contribution in [0.3, 0.4) is 0 Å². The van der Waals surface area contributed by atoms with Crippen LogP contribution in [0.25, 0.3) is 4.85 Å². The summed E-state index contributed by atoms with van der Waals surface area (Å²) in [5.41, 5.74) is 4.46. The lowest BCUT2D eigenvalue weighted by molar-refractivity contribution is -0.143. The molecule has 0 saturated heterocycles. The third-order valence-corrected chi connectivity index (χ3v) is 6.08. The van der Waals surface area contributed by atoms with E-state index in [1.165, 1.54) is 23.3 Å². The number of hydrogen-bond donors (Lipinski definition) is 3. The highest BCUT2D eigenvalue weighted by Crippen LogP contribution is 2.43. The molecule has 3 N–H and O–H groups in total. The highest BCUT2D eigenvalue weighted by molar-refractivity contribution is 7.99. The van der Waals surface area contributed by atoms with Crippen molar-refractivity contribution in [3.8, 4) is 0 Å². The third-order valence-electron chi connectivity index (χ3n) is 4.77. The van der Waals surface area contributed by atoms with E-state index in [1.54, 1.807) is 11.8 Å². The van der Waals surface area contributed by atoms with Crippen molar-refractivity contribution in [3.05, 3.63) is 70.3 Å². The van der Waals surface area contributed by atoms with Gasteiger partial charge in [0.1, 0.15) is 5.82 Å². The Kier molecular flexibility index (Phi) is 9.50. The summed E-state index contributed by atoms with van der Waals surface area (Å²) in [4.78, 5) is 24.1. The van der Waals surface area contributed by atoms with E-state index in [4.69, 9.17) is 16.8 Å². The van der Waals surface area contributed by atoms with Gasteiger partial charge in [0.05, 0.1) is 19.4 Å². The van der Waals surface area contributed by atoms with Gasteiger partial charge in [0, 0.05) is 10.1 Å². The monoisotopic (exact) mass is 444 g/mol. The van der Waals surface area contributed by atoms with Gasteiger partial charge in [-0.15, -0.1) is 11.8 Å². The number of thioether (sulfide) groups is 1. The minimum Gasteiger partial charge on any atom is -0.481 e. The first-order valence-electron chi connectivity index (χ1n) is 9.90. The Morgan fingerprint density at radius 2 is 1.71 bits per heavy atom. The van der Waals surface area contributed by atoms with Crippen LogP contribution in [0, 0.1) is 12.4 Å². The van der Waals surface area contributed by atoms with Crippen molar-refractivity contribution in [2.24, 2.45) is 0 Å². The largest absolute Gasteiger partial charge is 0.481 e. The number of benzene rings is 2. The molecule has 6 nitrogen and oxygen atoms in total. The first-order chi connectivity index (χ1) is 14.8. The van der Waals surface area contributed by atoms with Crippen LogP contribution in [-0.2, 0) is 22.4 Å². The van der Waals surface area contributed by atoms with Gasteiger partial charge in [-0.2, -0.15) is 0 Å². The topological polar surface area (TPSA) is 91.0 Å². The first-order valence-corrected chi connectivity index (χ1v) is 10.8. The summed E-state index contributed by atoms with van der Waals surface area (Å²) in [6.45, 7) is 11.5. The minimum atomic E-state index is -1.08. The zero-order valence-electron chi connectivity index (χ0n) is 17.2. The number of hydrogen-bond acceptors (Lipinski definition) is 4. The fraction of sp³-hybridized carbons (Fsp3) is 0.348. The molecule has 2 aromatic rings. The summed E-state index contributed by atoms with van der Waals surface area (Å²) in [7, 11) is 0. The highest BCUT2D eigenvalue weighted by atomic mass is 32.2. The van der Waals surface area contributed by atoms with Gasteiger partial charge in [-0.1, -0.05) is 24.3 Å².